The van der Waals surface area contributed by atoms with Crippen LogP contribution in [0.2, 0.25) is 0 Å². The maximum absolute atomic E-state index is 13.8. The molecule has 5 N–H and O–H groups in total. The Morgan fingerprint density at radius 2 is 1.46 bits per heavy atom. The zero-order valence-electron chi connectivity index (χ0n) is 22.9. The molecule has 2 amide bonds. The lowest BCUT2D eigenvalue weighted by molar-refractivity contribution is 0.0751. The third kappa shape index (κ3) is 7.99. The van der Waals surface area contributed by atoms with E-state index in [1.54, 1.807) is 23.1 Å². The highest BCUT2D eigenvalue weighted by atomic mass is 16.3. The Labute approximate surface area is 231 Å². The minimum absolute atomic E-state index is 0.131. The van der Waals surface area contributed by atoms with Gasteiger partial charge in [-0.25, -0.2) is 0 Å². The zero-order chi connectivity index (χ0) is 28.2. The molecule has 3 aromatic carbocycles. The van der Waals surface area contributed by atoms with Crippen LogP contribution in [0.15, 0.2) is 78.9 Å². The van der Waals surface area contributed by atoms with Gasteiger partial charge in [-0.05, 0) is 48.1 Å². The largest absolute Gasteiger partial charge is 0.394 e. The molecule has 0 bridgehead atoms. The van der Waals surface area contributed by atoms with Gasteiger partial charge in [0.15, 0.2) is 0 Å². The Morgan fingerprint density at radius 1 is 0.872 bits per heavy atom. The van der Waals surface area contributed by atoms with Crippen molar-refractivity contribution < 1.29 is 19.8 Å². The fourth-order valence-electron chi connectivity index (χ4n) is 5.07. The van der Waals surface area contributed by atoms with Crippen molar-refractivity contribution in [1.82, 2.24) is 10.2 Å². The molecule has 0 aliphatic heterocycles. The fourth-order valence-corrected chi connectivity index (χ4v) is 5.07. The quantitative estimate of drug-likeness (QED) is 0.236. The Hall–Kier alpha value is -3.52. The van der Waals surface area contributed by atoms with Crippen LogP contribution >= 0.6 is 0 Å². The number of carbonyl (C=O) groups is 2. The predicted octanol–water partition coefficient (Wildman–Crippen LogP) is 4.06. The number of nitrogens with one attached hydrogen (secondary N) is 1. The summed E-state index contributed by atoms with van der Waals surface area (Å²) in [6, 6.07) is 23.8. The number of amides is 2. The molecule has 0 saturated carbocycles. The van der Waals surface area contributed by atoms with Crippen molar-refractivity contribution >= 4 is 11.8 Å². The monoisotopic (exact) mass is 531 g/mol. The van der Waals surface area contributed by atoms with Gasteiger partial charge in [0.2, 0.25) is 5.91 Å². The van der Waals surface area contributed by atoms with Crippen molar-refractivity contribution in [2.45, 2.75) is 51.2 Å². The standard InChI is InChI=1S/C32H41N3O4/c1-3-18-35(19-4-2)32(39)26-17-11-16-25(31(33)38)30(26)27(20-23-12-7-5-8-13-23)29(37)21-34-28(22-36)24-14-9-6-10-15-24/h5-17,27-29,34,36-37H,3-4,18-22H2,1-2H3,(H2,33,38)/t27-,28+,29+/m1/s1. The van der Waals surface area contributed by atoms with Crippen LogP contribution in [-0.4, -0.2) is 59.3 Å². The highest BCUT2D eigenvalue weighted by Gasteiger charge is 2.31. The summed E-state index contributed by atoms with van der Waals surface area (Å²) in [5, 5.41) is 24.9. The Balaban J connectivity index is 2.05. The van der Waals surface area contributed by atoms with Crippen molar-refractivity contribution in [2.75, 3.05) is 26.2 Å². The summed E-state index contributed by atoms with van der Waals surface area (Å²) in [6.45, 7) is 5.21. The first kappa shape index (κ1) is 30.0. The van der Waals surface area contributed by atoms with E-state index in [0.717, 1.165) is 24.0 Å². The van der Waals surface area contributed by atoms with Crippen LogP contribution < -0.4 is 11.1 Å². The van der Waals surface area contributed by atoms with E-state index in [2.05, 4.69) is 5.32 Å². The number of hydrogen-bond acceptors (Lipinski definition) is 5. The van der Waals surface area contributed by atoms with Crippen LogP contribution in [0.3, 0.4) is 0 Å². The molecule has 208 valence electrons. The van der Waals surface area contributed by atoms with Gasteiger partial charge in [-0.2, -0.15) is 0 Å². The number of aliphatic hydroxyl groups is 2. The summed E-state index contributed by atoms with van der Waals surface area (Å²) in [5.41, 5.74) is 8.77. The van der Waals surface area contributed by atoms with Crippen LogP contribution in [0.25, 0.3) is 0 Å². The summed E-state index contributed by atoms with van der Waals surface area (Å²) >= 11 is 0. The lowest BCUT2D eigenvalue weighted by Gasteiger charge is -2.30. The van der Waals surface area contributed by atoms with Gasteiger partial charge in [0.05, 0.1) is 18.8 Å². The van der Waals surface area contributed by atoms with Gasteiger partial charge in [0.25, 0.3) is 5.91 Å². The third-order valence-corrected chi connectivity index (χ3v) is 6.97. The number of rotatable bonds is 15. The first-order valence-electron chi connectivity index (χ1n) is 13.7. The fraction of sp³-hybridized carbons (Fsp3) is 0.375. The van der Waals surface area contributed by atoms with E-state index < -0.39 is 17.9 Å². The molecule has 3 aromatic rings. The first-order valence-corrected chi connectivity index (χ1v) is 13.7. The molecule has 0 radical (unpaired) electrons. The number of hydrogen-bond donors (Lipinski definition) is 4. The molecule has 3 rings (SSSR count). The zero-order valence-corrected chi connectivity index (χ0v) is 22.9. The molecule has 7 heteroatoms. The smallest absolute Gasteiger partial charge is 0.254 e. The molecule has 0 unspecified atom stereocenters. The molecule has 0 heterocycles. The van der Waals surface area contributed by atoms with Crippen LogP contribution in [0.4, 0.5) is 0 Å². The van der Waals surface area contributed by atoms with Gasteiger partial charge in [0.1, 0.15) is 0 Å². The molecular formula is C32H41N3O4. The van der Waals surface area contributed by atoms with Crippen molar-refractivity contribution in [3.8, 4) is 0 Å². The van der Waals surface area contributed by atoms with Gasteiger partial charge in [-0.3, -0.25) is 9.59 Å². The van der Waals surface area contributed by atoms with Crippen molar-refractivity contribution in [2.24, 2.45) is 5.73 Å². The lowest BCUT2D eigenvalue weighted by atomic mass is 9.81. The predicted molar refractivity (Wildman–Crippen MR) is 155 cm³/mol. The number of benzene rings is 3. The average Bonchev–Trinajstić information content (AvgIpc) is 2.96. The minimum atomic E-state index is -0.985. The minimum Gasteiger partial charge on any atom is -0.394 e. The van der Waals surface area contributed by atoms with Crippen molar-refractivity contribution in [3.05, 3.63) is 107 Å². The molecule has 3 atom stereocenters. The van der Waals surface area contributed by atoms with Crippen LogP contribution in [0, 0.1) is 0 Å². The highest BCUT2D eigenvalue weighted by molar-refractivity contribution is 6.02. The van der Waals surface area contributed by atoms with Crippen LogP contribution in [0.5, 0.6) is 0 Å². The van der Waals surface area contributed by atoms with Gasteiger partial charge >= 0.3 is 0 Å². The summed E-state index contributed by atoms with van der Waals surface area (Å²) < 4.78 is 0. The number of aliphatic hydroxyl groups excluding tert-OH is 2. The van der Waals surface area contributed by atoms with E-state index in [1.165, 1.54) is 0 Å². The SMILES string of the molecule is CCCN(CCC)C(=O)c1cccc(C(N)=O)c1[C@H](Cc1ccccc1)[C@@H](O)CN[C@@H](CO)c1ccccc1. The number of nitrogens with two attached hydrogens (primary N) is 1. The summed E-state index contributed by atoms with van der Waals surface area (Å²) in [5.74, 6) is -1.43. The summed E-state index contributed by atoms with van der Waals surface area (Å²) in [7, 11) is 0. The molecule has 0 fully saturated rings. The van der Waals surface area contributed by atoms with E-state index in [0.29, 0.717) is 30.6 Å². The van der Waals surface area contributed by atoms with E-state index in [1.807, 2.05) is 74.5 Å². The molecule has 0 aromatic heterocycles. The van der Waals surface area contributed by atoms with E-state index in [-0.39, 0.29) is 30.7 Å². The summed E-state index contributed by atoms with van der Waals surface area (Å²) in [6.07, 6.45) is 1.02. The van der Waals surface area contributed by atoms with Gasteiger partial charge < -0.3 is 26.2 Å². The Bertz CT molecular complexity index is 1180. The molecule has 0 aliphatic carbocycles. The van der Waals surface area contributed by atoms with Crippen molar-refractivity contribution in [1.29, 1.82) is 0 Å². The second kappa shape index (κ2) is 15.2. The Morgan fingerprint density at radius 3 is 2.03 bits per heavy atom. The van der Waals surface area contributed by atoms with E-state index in [4.69, 9.17) is 5.73 Å². The van der Waals surface area contributed by atoms with Crippen LogP contribution in [0.1, 0.15) is 76.1 Å². The van der Waals surface area contributed by atoms with E-state index >= 15 is 0 Å². The van der Waals surface area contributed by atoms with Crippen molar-refractivity contribution in [3.63, 3.8) is 0 Å². The van der Waals surface area contributed by atoms with Gasteiger partial charge in [0, 0.05) is 36.7 Å². The number of primary amides is 1. The maximum Gasteiger partial charge on any atom is 0.254 e. The molecule has 0 saturated heterocycles. The lowest BCUT2D eigenvalue weighted by Crippen LogP contribution is -2.39. The average molecular weight is 532 g/mol. The first-order chi connectivity index (χ1) is 18.9. The number of carbonyl (C=O) groups excluding carboxylic acids is 2. The third-order valence-electron chi connectivity index (χ3n) is 6.97. The molecule has 39 heavy (non-hydrogen) atoms. The molecule has 7 nitrogen and oxygen atoms in total. The number of nitrogens with zero attached hydrogens (tertiary/aromatic N) is 1. The normalized spacial score (nSPS) is 13.4. The molecule has 0 spiro atoms. The second-order valence-corrected chi connectivity index (χ2v) is 9.84. The van der Waals surface area contributed by atoms with E-state index in [9.17, 15) is 19.8 Å². The second-order valence-electron chi connectivity index (χ2n) is 9.84. The Kier molecular flexibility index (Phi) is 11.7. The maximum atomic E-state index is 13.8. The highest BCUT2D eigenvalue weighted by Crippen LogP contribution is 2.32. The van der Waals surface area contributed by atoms with Gasteiger partial charge in [-0.15, -0.1) is 0 Å². The van der Waals surface area contributed by atoms with Crippen LogP contribution in [-0.2, 0) is 6.42 Å². The topological polar surface area (TPSA) is 116 Å². The van der Waals surface area contributed by atoms with Gasteiger partial charge in [-0.1, -0.05) is 80.6 Å². The molecule has 0 aliphatic rings. The summed E-state index contributed by atoms with van der Waals surface area (Å²) in [4.78, 5) is 28.3. The molecular weight excluding hydrogens is 490 g/mol.